The number of methoxy groups -OCH3 is 1. The Labute approximate surface area is 150 Å². The Morgan fingerprint density at radius 1 is 1.23 bits per heavy atom. The first-order valence-electron chi connectivity index (χ1n) is 8.41. The van der Waals surface area contributed by atoms with Crippen LogP contribution in [-0.2, 0) is 11.8 Å². The largest absolute Gasteiger partial charge is 0.476 e. The Morgan fingerprint density at radius 3 is 3.04 bits per heavy atom. The molecule has 0 aliphatic rings. The predicted octanol–water partition coefficient (Wildman–Crippen LogP) is 3.00. The van der Waals surface area contributed by atoms with Crippen molar-refractivity contribution in [2.75, 3.05) is 25.6 Å². The van der Waals surface area contributed by atoms with Crippen LogP contribution >= 0.6 is 0 Å². The fourth-order valence-electron chi connectivity index (χ4n) is 2.86. The first-order chi connectivity index (χ1) is 12.8. The number of aromatic nitrogens is 5. The van der Waals surface area contributed by atoms with Gasteiger partial charge in [0.1, 0.15) is 5.52 Å². The summed E-state index contributed by atoms with van der Waals surface area (Å²) >= 11 is 0. The summed E-state index contributed by atoms with van der Waals surface area (Å²) in [5.41, 5.74) is 3.58. The van der Waals surface area contributed by atoms with E-state index in [1.54, 1.807) is 13.3 Å². The third-order valence-electron chi connectivity index (χ3n) is 4.13. The van der Waals surface area contributed by atoms with Crippen molar-refractivity contribution in [3.8, 4) is 5.88 Å². The molecular formula is C18H20N6O2. The zero-order valence-electron chi connectivity index (χ0n) is 14.7. The molecule has 1 aromatic carbocycles. The molecule has 3 heterocycles. The van der Waals surface area contributed by atoms with Crippen molar-refractivity contribution in [2.24, 2.45) is 7.05 Å². The van der Waals surface area contributed by atoms with Crippen LogP contribution in [0.25, 0.3) is 21.9 Å². The maximum absolute atomic E-state index is 5.79. The van der Waals surface area contributed by atoms with Crippen LogP contribution in [0.4, 0.5) is 11.5 Å². The maximum Gasteiger partial charge on any atom is 0.240 e. The van der Waals surface area contributed by atoms with Crippen molar-refractivity contribution in [3.63, 3.8) is 0 Å². The van der Waals surface area contributed by atoms with Crippen LogP contribution in [0.1, 0.15) is 6.42 Å². The van der Waals surface area contributed by atoms with Gasteiger partial charge in [-0.05, 0) is 30.3 Å². The van der Waals surface area contributed by atoms with E-state index >= 15 is 0 Å². The summed E-state index contributed by atoms with van der Waals surface area (Å²) in [4.78, 5) is 4.37. The average Bonchev–Trinajstić information content (AvgIpc) is 3.21. The third kappa shape index (κ3) is 3.06. The summed E-state index contributed by atoms with van der Waals surface area (Å²) < 4.78 is 12.6. The minimum atomic E-state index is 0.574. The molecule has 0 spiro atoms. The van der Waals surface area contributed by atoms with E-state index in [1.807, 2.05) is 42.1 Å². The van der Waals surface area contributed by atoms with Gasteiger partial charge in [-0.3, -0.25) is 14.8 Å². The van der Waals surface area contributed by atoms with E-state index in [4.69, 9.17) is 9.47 Å². The number of hydrogen-bond acceptors (Lipinski definition) is 6. The van der Waals surface area contributed by atoms with E-state index in [2.05, 4.69) is 25.6 Å². The molecule has 3 aromatic heterocycles. The van der Waals surface area contributed by atoms with E-state index in [0.29, 0.717) is 24.9 Å². The second-order valence-corrected chi connectivity index (χ2v) is 5.95. The fraction of sp³-hybridized carbons (Fsp3) is 0.278. The minimum absolute atomic E-state index is 0.574. The van der Waals surface area contributed by atoms with Gasteiger partial charge in [-0.1, -0.05) is 0 Å². The Bertz CT molecular complexity index is 1040. The van der Waals surface area contributed by atoms with Gasteiger partial charge in [0.25, 0.3) is 0 Å². The topological polar surface area (TPSA) is 89.9 Å². The molecule has 4 aromatic rings. The molecule has 0 saturated carbocycles. The zero-order valence-corrected chi connectivity index (χ0v) is 14.7. The number of nitrogens with zero attached hydrogens (tertiary/aromatic N) is 4. The standard InChI is InChI=1S/C18H20N6O2/c1-24-15-11-12(20-17-16-14(21-22-17)5-3-8-19-16)6-7-13(15)18(23-24)26-10-4-9-25-2/h3,5-8,11H,4,9-10H2,1-2H3,(H2,20,21,22). The second-order valence-electron chi connectivity index (χ2n) is 5.95. The lowest BCUT2D eigenvalue weighted by Crippen LogP contribution is -2.02. The van der Waals surface area contributed by atoms with Gasteiger partial charge in [-0.15, -0.1) is 5.10 Å². The summed E-state index contributed by atoms with van der Waals surface area (Å²) in [6.07, 6.45) is 2.58. The number of aromatic amines is 1. The van der Waals surface area contributed by atoms with Gasteiger partial charge in [-0.25, -0.2) is 0 Å². The molecule has 0 amide bonds. The highest BCUT2D eigenvalue weighted by Gasteiger charge is 2.12. The lowest BCUT2D eigenvalue weighted by atomic mass is 10.2. The van der Waals surface area contributed by atoms with Crippen LogP contribution in [0.3, 0.4) is 0 Å². The number of nitrogens with one attached hydrogen (secondary N) is 2. The highest BCUT2D eigenvalue weighted by molar-refractivity contribution is 5.91. The smallest absolute Gasteiger partial charge is 0.240 e. The van der Waals surface area contributed by atoms with E-state index in [9.17, 15) is 0 Å². The first-order valence-corrected chi connectivity index (χ1v) is 8.41. The highest BCUT2D eigenvalue weighted by atomic mass is 16.5. The fourth-order valence-corrected chi connectivity index (χ4v) is 2.86. The molecule has 0 atom stereocenters. The van der Waals surface area contributed by atoms with Gasteiger partial charge in [0.15, 0.2) is 5.82 Å². The Hall–Kier alpha value is -3.13. The number of benzene rings is 1. The van der Waals surface area contributed by atoms with Crippen LogP contribution in [-0.4, -0.2) is 45.3 Å². The molecule has 8 nitrogen and oxygen atoms in total. The molecule has 0 aliphatic carbocycles. The lowest BCUT2D eigenvalue weighted by Gasteiger charge is -2.05. The lowest BCUT2D eigenvalue weighted by molar-refractivity contribution is 0.171. The summed E-state index contributed by atoms with van der Waals surface area (Å²) in [5, 5.41) is 16.0. The van der Waals surface area contributed by atoms with Crippen LogP contribution in [0.5, 0.6) is 5.88 Å². The van der Waals surface area contributed by atoms with E-state index in [1.165, 1.54) is 0 Å². The zero-order chi connectivity index (χ0) is 17.9. The Kier molecular flexibility index (Phi) is 4.40. The predicted molar refractivity (Wildman–Crippen MR) is 99.9 cm³/mol. The van der Waals surface area contributed by atoms with Crippen molar-refractivity contribution < 1.29 is 9.47 Å². The number of ether oxygens (including phenoxy) is 2. The van der Waals surface area contributed by atoms with Crippen LogP contribution in [0.2, 0.25) is 0 Å². The van der Waals surface area contributed by atoms with E-state index < -0.39 is 0 Å². The van der Waals surface area contributed by atoms with Gasteiger partial charge in [-0.2, -0.15) is 5.10 Å². The maximum atomic E-state index is 5.79. The minimum Gasteiger partial charge on any atom is -0.476 e. The quantitative estimate of drug-likeness (QED) is 0.497. The molecule has 0 fully saturated rings. The molecule has 0 unspecified atom stereocenters. The number of anilines is 2. The SMILES string of the molecule is COCCCOc1nn(C)c2cc(Nc3n[nH]c4cccnc34)ccc12. The van der Waals surface area contributed by atoms with Gasteiger partial charge in [0.05, 0.1) is 23.0 Å². The molecule has 0 saturated heterocycles. The number of rotatable bonds is 7. The van der Waals surface area contributed by atoms with Crippen LogP contribution < -0.4 is 10.1 Å². The Balaban J connectivity index is 1.58. The second kappa shape index (κ2) is 7.01. The van der Waals surface area contributed by atoms with Gasteiger partial charge < -0.3 is 14.8 Å². The van der Waals surface area contributed by atoms with E-state index in [-0.39, 0.29) is 0 Å². The van der Waals surface area contributed by atoms with Crippen molar-refractivity contribution in [3.05, 3.63) is 36.5 Å². The van der Waals surface area contributed by atoms with Gasteiger partial charge in [0.2, 0.25) is 5.88 Å². The summed E-state index contributed by atoms with van der Waals surface area (Å²) in [7, 11) is 3.59. The molecule has 0 bridgehead atoms. The Morgan fingerprint density at radius 2 is 2.15 bits per heavy atom. The molecule has 2 N–H and O–H groups in total. The summed E-state index contributed by atoms with van der Waals surface area (Å²) in [5.74, 6) is 1.33. The van der Waals surface area contributed by atoms with Crippen molar-refractivity contribution in [1.82, 2.24) is 25.0 Å². The van der Waals surface area contributed by atoms with Crippen LogP contribution in [0.15, 0.2) is 36.5 Å². The van der Waals surface area contributed by atoms with E-state index in [0.717, 1.165) is 34.0 Å². The normalized spacial score (nSPS) is 11.3. The van der Waals surface area contributed by atoms with Gasteiger partial charge >= 0.3 is 0 Å². The number of pyridine rings is 1. The van der Waals surface area contributed by atoms with Crippen LogP contribution in [0, 0.1) is 0 Å². The molecule has 134 valence electrons. The van der Waals surface area contributed by atoms with Crippen molar-refractivity contribution >= 4 is 33.4 Å². The third-order valence-corrected chi connectivity index (χ3v) is 4.13. The monoisotopic (exact) mass is 352 g/mol. The summed E-state index contributed by atoms with van der Waals surface area (Å²) in [6, 6.07) is 9.82. The van der Waals surface area contributed by atoms with Gasteiger partial charge in [0, 0.05) is 39.1 Å². The molecule has 0 radical (unpaired) electrons. The average molecular weight is 352 g/mol. The molecular weight excluding hydrogens is 332 g/mol. The number of aryl methyl sites for hydroxylation is 1. The molecule has 4 rings (SSSR count). The van der Waals surface area contributed by atoms with Crippen molar-refractivity contribution in [1.29, 1.82) is 0 Å². The van der Waals surface area contributed by atoms with Crippen molar-refractivity contribution in [2.45, 2.75) is 6.42 Å². The highest BCUT2D eigenvalue weighted by Crippen LogP contribution is 2.29. The molecule has 26 heavy (non-hydrogen) atoms. The molecule has 0 aliphatic heterocycles. The first kappa shape index (κ1) is 16.3. The number of fused-ring (bicyclic) bond motifs is 2. The summed E-state index contributed by atoms with van der Waals surface area (Å²) in [6.45, 7) is 1.25. The number of H-pyrrole nitrogens is 1. The number of hydrogen-bond donors (Lipinski definition) is 2. The molecule has 8 heteroatoms.